The number of methoxy groups -OCH3 is 1. The van der Waals surface area contributed by atoms with Crippen molar-refractivity contribution in [1.82, 2.24) is 0 Å². The highest BCUT2D eigenvalue weighted by atomic mass is 16.6. The summed E-state index contributed by atoms with van der Waals surface area (Å²) in [5.41, 5.74) is 2.51. The van der Waals surface area contributed by atoms with Gasteiger partial charge in [0.25, 0.3) is 5.69 Å². The molecule has 0 saturated heterocycles. The molecule has 92 valence electrons. The van der Waals surface area contributed by atoms with E-state index >= 15 is 0 Å². The van der Waals surface area contributed by atoms with Gasteiger partial charge in [-0.15, -0.1) is 0 Å². The molecule has 0 unspecified atom stereocenters. The standard InChI is InChI=1S/C14H13NO3/c1-10-6-7-12(9-14(10)15(16)17)11-4-3-5-13(8-11)18-2/h3-9H,1-2H3. The van der Waals surface area contributed by atoms with E-state index in [9.17, 15) is 10.1 Å². The zero-order valence-corrected chi connectivity index (χ0v) is 10.2. The van der Waals surface area contributed by atoms with Crippen LogP contribution in [0.2, 0.25) is 0 Å². The first kappa shape index (κ1) is 12.1. The molecular formula is C14H13NO3. The number of benzene rings is 2. The number of rotatable bonds is 3. The van der Waals surface area contributed by atoms with Crippen molar-refractivity contribution in [2.75, 3.05) is 7.11 Å². The van der Waals surface area contributed by atoms with Crippen LogP contribution < -0.4 is 4.74 Å². The van der Waals surface area contributed by atoms with Crippen LogP contribution in [-0.2, 0) is 0 Å². The van der Waals surface area contributed by atoms with Crippen molar-refractivity contribution in [3.63, 3.8) is 0 Å². The average Bonchev–Trinajstić information content (AvgIpc) is 2.39. The first-order valence-electron chi connectivity index (χ1n) is 5.51. The second-order valence-corrected chi connectivity index (χ2v) is 3.99. The van der Waals surface area contributed by atoms with Gasteiger partial charge in [0, 0.05) is 11.6 Å². The molecule has 0 saturated carbocycles. The van der Waals surface area contributed by atoms with Gasteiger partial charge in [-0.2, -0.15) is 0 Å². The SMILES string of the molecule is COc1cccc(-c2ccc(C)c([N+](=O)[O-])c2)c1. The summed E-state index contributed by atoms with van der Waals surface area (Å²) in [5.74, 6) is 0.732. The van der Waals surface area contributed by atoms with Crippen molar-refractivity contribution in [2.24, 2.45) is 0 Å². The van der Waals surface area contributed by atoms with Crippen LogP contribution >= 0.6 is 0 Å². The summed E-state index contributed by atoms with van der Waals surface area (Å²) in [4.78, 5) is 10.5. The molecule has 0 aliphatic heterocycles. The fourth-order valence-electron chi connectivity index (χ4n) is 1.79. The minimum atomic E-state index is -0.362. The van der Waals surface area contributed by atoms with E-state index in [1.807, 2.05) is 30.3 Å². The number of hydrogen-bond acceptors (Lipinski definition) is 3. The summed E-state index contributed by atoms with van der Waals surface area (Å²) in [6, 6.07) is 12.7. The Hall–Kier alpha value is -2.36. The first-order valence-corrected chi connectivity index (χ1v) is 5.51. The zero-order valence-electron chi connectivity index (χ0n) is 10.2. The Labute approximate surface area is 105 Å². The predicted molar refractivity (Wildman–Crippen MR) is 69.8 cm³/mol. The average molecular weight is 243 g/mol. The van der Waals surface area contributed by atoms with Gasteiger partial charge >= 0.3 is 0 Å². The van der Waals surface area contributed by atoms with E-state index in [0.717, 1.165) is 16.9 Å². The molecule has 4 heteroatoms. The van der Waals surface area contributed by atoms with Gasteiger partial charge in [-0.25, -0.2) is 0 Å². The Bertz CT molecular complexity index is 593. The predicted octanol–water partition coefficient (Wildman–Crippen LogP) is 3.58. The maximum absolute atomic E-state index is 10.9. The van der Waals surface area contributed by atoms with Gasteiger partial charge < -0.3 is 4.74 Å². The van der Waals surface area contributed by atoms with Gasteiger partial charge in [0.15, 0.2) is 0 Å². The van der Waals surface area contributed by atoms with E-state index in [1.54, 1.807) is 26.2 Å². The van der Waals surface area contributed by atoms with Crippen LogP contribution in [0.25, 0.3) is 11.1 Å². The lowest BCUT2D eigenvalue weighted by molar-refractivity contribution is -0.385. The van der Waals surface area contributed by atoms with Gasteiger partial charge in [-0.05, 0) is 30.2 Å². The number of nitrogens with zero attached hydrogens (tertiary/aromatic N) is 1. The molecule has 2 aromatic carbocycles. The molecular weight excluding hydrogens is 230 g/mol. The van der Waals surface area contributed by atoms with Crippen LogP contribution in [0.15, 0.2) is 42.5 Å². The number of hydrogen-bond donors (Lipinski definition) is 0. The van der Waals surface area contributed by atoms with Gasteiger partial charge in [0.1, 0.15) is 5.75 Å². The van der Waals surface area contributed by atoms with Crippen LogP contribution in [0.1, 0.15) is 5.56 Å². The monoisotopic (exact) mass is 243 g/mol. The fourth-order valence-corrected chi connectivity index (χ4v) is 1.79. The molecule has 4 nitrogen and oxygen atoms in total. The van der Waals surface area contributed by atoms with E-state index in [4.69, 9.17) is 4.74 Å². The smallest absolute Gasteiger partial charge is 0.272 e. The highest BCUT2D eigenvalue weighted by Crippen LogP contribution is 2.28. The van der Waals surface area contributed by atoms with Crippen molar-refractivity contribution >= 4 is 5.69 Å². The Morgan fingerprint density at radius 2 is 1.83 bits per heavy atom. The minimum Gasteiger partial charge on any atom is -0.497 e. The Morgan fingerprint density at radius 1 is 1.11 bits per heavy atom. The summed E-state index contributed by atoms with van der Waals surface area (Å²) < 4.78 is 5.14. The number of ether oxygens (including phenoxy) is 1. The maximum atomic E-state index is 10.9. The van der Waals surface area contributed by atoms with Crippen molar-refractivity contribution in [3.05, 3.63) is 58.1 Å². The highest BCUT2D eigenvalue weighted by molar-refractivity contribution is 5.68. The lowest BCUT2D eigenvalue weighted by atomic mass is 10.0. The lowest BCUT2D eigenvalue weighted by Crippen LogP contribution is -1.92. The topological polar surface area (TPSA) is 52.4 Å². The van der Waals surface area contributed by atoms with Crippen LogP contribution in [-0.4, -0.2) is 12.0 Å². The fraction of sp³-hybridized carbons (Fsp3) is 0.143. The lowest BCUT2D eigenvalue weighted by Gasteiger charge is -2.05. The normalized spacial score (nSPS) is 10.1. The number of nitro groups is 1. The van der Waals surface area contributed by atoms with Crippen molar-refractivity contribution in [2.45, 2.75) is 6.92 Å². The zero-order chi connectivity index (χ0) is 13.1. The summed E-state index contributed by atoms with van der Waals surface area (Å²) in [5, 5.41) is 10.9. The Morgan fingerprint density at radius 3 is 2.50 bits per heavy atom. The Balaban J connectivity index is 2.50. The molecule has 0 aliphatic carbocycles. The molecule has 0 bridgehead atoms. The third-order valence-corrected chi connectivity index (χ3v) is 2.81. The number of nitro benzene ring substituents is 1. The highest BCUT2D eigenvalue weighted by Gasteiger charge is 2.11. The van der Waals surface area contributed by atoms with E-state index in [0.29, 0.717) is 5.56 Å². The quantitative estimate of drug-likeness (QED) is 0.611. The molecule has 2 aromatic rings. The molecule has 18 heavy (non-hydrogen) atoms. The molecule has 0 aliphatic rings. The first-order chi connectivity index (χ1) is 8.61. The summed E-state index contributed by atoms with van der Waals surface area (Å²) >= 11 is 0. The van der Waals surface area contributed by atoms with Crippen molar-refractivity contribution in [1.29, 1.82) is 0 Å². The van der Waals surface area contributed by atoms with Crippen LogP contribution in [0.5, 0.6) is 5.75 Å². The second kappa shape index (κ2) is 4.87. The third kappa shape index (κ3) is 2.32. The van der Waals surface area contributed by atoms with Crippen molar-refractivity contribution in [3.8, 4) is 16.9 Å². The second-order valence-electron chi connectivity index (χ2n) is 3.99. The molecule has 2 rings (SSSR count). The van der Waals surface area contributed by atoms with Gasteiger partial charge in [0.05, 0.1) is 12.0 Å². The van der Waals surface area contributed by atoms with E-state index in [1.165, 1.54) is 0 Å². The van der Waals surface area contributed by atoms with E-state index < -0.39 is 0 Å². The van der Waals surface area contributed by atoms with Gasteiger partial charge in [0.2, 0.25) is 0 Å². The van der Waals surface area contributed by atoms with Crippen LogP contribution in [0, 0.1) is 17.0 Å². The molecule has 0 atom stereocenters. The molecule has 0 fully saturated rings. The summed E-state index contributed by atoms with van der Waals surface area (Å²) in [6.07, 6.45) is 0. The van der Waals surface area contributed by atoms with E-state index in [-0.39, 0.29) is 10.6 Å². The van der Waals surface area contributed by atoms with Crippen LogP contribution in [0.3, 0.4) is 0 Å². The number of aryl methyl sites for hydroxylation is 1. The van der Waals surface area contributed by atoms with Gasteiger partial charge in [-0.1, -0.05) is 24.3 Å². The summed E-state index contributed by atoms with van der Waals surface area (Å²) in [7, 11) is 1.59. The van der Waals surface area contributed by atoms with Crippen molar-refractivity contribution < 1.29 is 9.66 Å². The minimum absolute atomic E-state index is 0.135. The molecule has 0 aromatic heterocycles. The largest absolute Gasteiger partial charge is 0.497 e. The molecule has 0 amide bonds. The van der Waals surface area contributed by atoms with Crippen LogP contribution in [0.4, 0.5) is 5.69 Å². The maximum Gasteiger partial charge on any atom is 0.272 e. The third-order valence-electron chi connectivity index (χ3n) is 2.81. The summed E-state index contributed by atoms with van der Waals surface area (Å²) in [6.45, 7) is 1.73. The van der Waals surface area contributed by atoms with E-state index in [2.05, 4.69) is 0 Å². The molecule has 0 radical (unpaired) electrons. The van der Waals surface area contributed by atoms with Gasteiger partial charge in [-0.3, -0.25) is 10.1 Å². The Kier molecular flexibility index (Phi) is 3.28. The molecule has 0 N–H and O–H groups in total. The molecule has 0 spiro atoms. The molecule has 0 heterocycles.